The highest BCUT2D eigenvalue weighted by molar-refractivity contribution is 5.81. The van der Waals surface area contributed by atoms with E-state index in [1.807, 2.05) is 6.92 Å². The average molecular weight is 257 g/mol. The van der Waals surface area contributed by atoms with Crippen LogP contribution in [-0.4, -0.2) is 36.2 Å². The number of hydrogen-bond donors (Lipinski definition) is 2. The molecule has 0 aliphatic carbocycles. The van der Waals surface area contributed by atoms with E-state index in [1.54, 1.807) is 0 Å². The number of carboxylic acids is 1. The molecule has 0 radical (unpaired) electrons. The van der Waals surface area contributed by atoms with Crippen LogP contribution < -0.4 is 5.32 Å². The van der Waals surface area contributed by atoms with E-state index in [2.05, 4.69) is 5.32 Å². The Labute approximate surface area is 108 Å². The van der Waals surface area contributed by atoms with Crippen molar-refractivity contribution in [1.29, 1.82) is 0 Å². The largest absolute Gasteiger partial charge is 0.481 e. The maximum Gasteiger partial charge on any atom is 0.303 e. The summed E-state index contributed by atoms with van der Waals surface area (Å²) in [5.41, 5.74) is 0. The van der Waals surface area contributed by atoms with Gasteiger partial charge in [0, 0.05) is 19.6 Å². The lowest BCUT2D eigenvalue weighted by Crippen LogP contribution is -2.37. The molecule has 104 valence electrons. The second-order valence-electron chi connectivity index (χ2n) is 4.91. The van der Waals surface area contributed by atoms with Crippen molar-refractivity contribution in [2.24, 2.45) is 5.92 Å². The van der Waals surface area contributed by atoms with Crippen LogP contribution in [0.25, 0.3) is 0 Å². The maximum atomic E-state index is 11.7. The Morgan fingerprint density at radius 1 is 1.28 bits per heavy atom. The third-order valence-corrected chi connectivity index (χ3v) is 3.26. The lowest BCUT2D eigenvalue weighted by Gasteiger charge is -2.14. The van der Waals surface area contributed by atoms with Crippen LogP contribution in [0, 0.1) is 5.92 Å². The summed E-state index contributed by atoms with van der Waals surface area (Å²) in [5, 5.41) is 11.3. The van der Waals surface area contributed by atoms with E-state index in [4.69, 9.17) is 9.84 Å². The Morgan fingerprint density at radius 2 is 2.00 bits per heavy atom. The molecule has 2 atom stereocenters. The minimum atomic E-state index is -0.740. The minimum Gasteiger partial charge on any atom is -0.481 e. The number of carboxylic acid groups (broad SMARTS) is 1. The highest BCUT2D eigenvalue weighted by atomic mass is 16.5. The Balaban J connectivity index is 1.97. The second kappa shape index (κ2) is 8.08. The molecule has 18 heavy (non-hydrogen) atoms. The van der Waals surface area contributed by atoms with Gasteiger partial charge in [-0.25, -0.2) is 0 Å². The normalized spacial score (nSPS) is 22.9. The molecule has 0 aromatic heterocycles. The average Bonchev–Trinajstić information content (AvgIpc) is 2.73. The highest BCUT2D eigenvalue weighted by Crippen LogP contribution is 2.19. The number of aliphatic carboxylic acids is 1. The molecule has 1 saturated heterocycles. The number of hydrogen-bond acceptors (Lipinski definition) is 3. The molecule has 1 heterocycles. The van der Waals surface area contributed by atoms with Gasteiger partial charge in [-0.3, -0.25) is 9.59 Å². The van der Waals surface area contributed by atoms with E-state index >= 15 is 0 Å². The summed E-state index contributed by atoms with van der Waals surface area (Å²) < 4.78 is 5.37. The van der Waals surface area contributed by atoms with Crippen LogP contribution in [0.3, 0.4) is 0 Å². The first-order valence-electron chi connectivity index (χ1n) is 6.72. The van der Waals surface area contributed by atoms with Gasteiger partial charge in [0.05, 0.1) is 0 Å². The minimum absolute atomic E-state index is 0.00876. The van der Waals surface area contributed by atoms with Crippen molar-refractivity contribution in [3.8, 4) is 0 Å². The molecule has 1 fully saturated rings. The molecule has 1 aliphatic rings. The van der Waals surface area contributed by atoms with Crippen molar-refractivity contribution in [1.82, 2.24) is 5.32 Å². The summed E-state index contributed by atoms with van der Waals surface area (Å²) >= 11 is 0. The molecule has 0 aromatic rings. The smallest absolute Gasteiger partial charge is 0.303 e. The Bertz CT molecular complexity index is 280. The van der Waals surface area contributed by atoms with Crippen LogP contribution in [-0.2, 0) is 14.3 Å². The first-order valence-corrected chi connectivity index (χ1v) is 6.72. The van der Waals surface area contributed by atoms with Gasteiger partial charge in [0.15, 0.2) is 0 Å². The van der Waals surface area contributed by atoms with Crippen molar-refractivity contribution in [2.75, 3.05) is 13.2 Å². The molecule has 1 aliphatic heterocycles. The van der Waals surface area contributed by atoms with E-state index in [0.29, 0.717) is 25.5 Å². The Morgan fingerprint density at radius 3 is 2.61 bits per heavy atom. The molecule has 0 saturated carbocycles. The van der Waals surface area contributed by atoms with E-state index in [-0.39, 0.29) is 18.4 Å². The number of unbranched alkanes of at least 4 members (excludes halogenated alkanes) is 3. The number of amides is 1. The fraction of sp³-hybridized carbons (Fsp3) is 0.846. The lowest BCUT2D eigenvalue weighted by molar-refractivity contribution is -0.137. The molecule has 2 N–H and O–H groups in total. The van der Waals surface area contributed by atoms with Crippen molar-refractivity contribution in [3.05, 3.63) is 0 Å². The zero-order valence-corrected chi connectivity index (χ0v) is 11.0. The Kier molecular flexibility index (Phi) is 6.72. The van der Waals surface area contributed by atoms with Crippen LogP contribution in [0.1, 0.15) is 45.4 Å². The predicted octanol–water partition coefficient (Wildman–Crippen LogP) is 1.56. The quantitative estimate of drug-likeness (QED) is 0.647. The van der Waals surface area contributed by atoms with Gasteiger partial charge in [-0.2, -0.15) is 0 Å². The van der Waals surface area contributed by atoms with Crippen LogP contribution in [0.2, 0.25) is 0 Å². The van der Waals surface area contributed by atoms with Crippen LogP contribution >= 0.6 is 0 Å². The summed E-state index contributed by atoms with van der Waals surface area (Å²) in [4.78, 5) is 22.0. The van der Waals surface area contributed by atoms with Gasteiger partial charge in [-0.1, -0.05) is 19.8 Å². The Hall–Kier alpha value is -1.10. The molecule has 1 amide bonds. The zero-order chi connectivity index (χ0) is 13.4. The molecule has 0 bridgehead atoms. The summed E-state index contributed by atoms with van der Waals surface area (Å²) in [6.45, 7) is 3.36. The van der Waals surface area contributed by atoms with Crippen molar-refractivity contribution in [2.45, 2.75) is 51.6 Å². The molecule has 1 rings (SSSR count). The maximum absolute atomic E-state index is 11.7. The molecular formula is C13H23NO4. The predicted molar refractivity (Wildman–Crippen MR) is 67.3 cm³/mol. The molecule has 5 nitrogen and oxygen atoms in total. The molecule has 5 heteroatoms. The summed E-state index contributed by atoms with van der Waals surface area (Å²) in [7, 11) is 0. The van der Waals surface area contributed by atoms with Crippen LogP contribution in [0.5, 0.6) is 0 Å². The first-order chi connectivity index (χ1) is 8.61. The van der Waals surface area contributed by atoms with Crippen LogP contribution in [0.15, 0.2) is 0 Å². The fourth-order valence-corrected chi connectivity index (χ4v) is 2.10. The van der Waals surface area contributed by atoms with Gasteiger partial charge >= 0.3 is 5.97 Å². The third kappa shape index (κ3) is 5.49. The lowest BCUT2D eigenvalue weighted by atomic mass is 10.0. The summed E-state index contributed by atoms with van der Waals surface area (Å²) in [6.07, 6.45) is 4.37. The van der Waals surface area contributed by atoms with Gasteiger partial charge in [-0.15, -0.1) is 0 Å². The number of carbonyl (C=O) groups excluding carboxylic acids is 1. The first kappa shape index (κ1) is 15.0. The van der Waals surface area contributed by atoms with E-state index in [9.17, 15) is 9.59 Å². The van der Waals surface area contributed by atoms with Crippen molar-refractivity contribution >= 4 is 11.9 Å². The number of ether oxygens (including phenoxy) is 1. The molecule has 2 unspecified atom stereocenters. The van der Waals surface area contributed by atoms with Crippen LogP contribution in [0.4, 0.5) is 0 Å². The fourth-order valence-electron chi connectivity index (χ4n) is 2.10. The summed E-state index contributed by atoms with van der Waals surface area (Å²) in [5.74, 6) is -0.443. The summed E-state index contributed by atoms with van der Waals surface area (Å²) in [6, 6.07) is 0. The van der Waals surface area contributed by atoms with Gasteiger partial charge in [0.2, 0.25) is 5.91 Å². The molecule has 0 spiro atoms. The molecule has 0 aromatic carbocycles. The molecular weight excluding hydrogens is 234 g/mol. The standard InChI is InChI=1S/C13H23NO4/c1-10-7-9-18-12(10)13(17)14-8-5-3-2-4-6-11(15)16/h10,12H,2-9H2,1H3,(H,14,17)(H,15,16). The van der Waals surface area contributed by atoms with Crippen molar-refractivity contribution in [3.63, 3.8) is 0 Å². The van der Waals surface area contributed by atoms with Gasteiger partial charge in [0.25, 0.3) is 0 Å². The topological polar surface area (TPSA) is 75.6 Å². The van der Waals surface area contributed by atoms with Gasteiger partial charge in [-0.05, 0) is 25.2 Å². The van der Waals surface area contributed by atoms with Crippen molar-refractivity contribution < 1.29 is 19.4 Å². The number of carbonyl (C=O) groups is 2. The highest BCUT2D eigenvalue weighted by Gasteiger charge is 2.30. The number of rotatable bonds is 8. The third-order valence-electron chi connectivity index (χ3n) is 3.26. The second-order valence-corrected chi connectivity index (χ2v) is 4.91. The number of nitrogens with one attached hydrogen (secondary N) is 1. The van der Waals surface area contributed by atoms with E-state index < -0.39 is 5.97 Å². The zero-order valence-electron chi connectivity index (χ0n) is 11.0. The monoisotopic (exact) mass is 257 g/mol. The van der Waals surface area contributed by atoms with E-state index in [0.717, 1.165) is 25.7 Å². The van der Waals surface area contributed by atoms with Gasteiger partial charge in [0.1, 0.15) is 6.10 Å². The van der Waals surface area contributed by atoms with Gasteiger partial charge < -0.3 is 15.2 Å². The SMILES string of the molecule is CC1CCOC1C(=O)NCCCCCCC(=O)O. The van der Waals surface area contributed by atoms with E-state index in [1.165, 1.54) is 0 Å².